The van der Waals surface area contributed by atoms with E-state index in [0.29, 0.717) is 6.54 Å². The van der Waals surface area contributed by atoms with E-state index in [1.807, 2.05) is 17.0 Å². The molecule has 3 aliphatic rings. The molecule has 0 saturated carbocycles. The molecule has 218 valence electrons. The quantitative estimate of drug-likeness (QED) is 0.485. The Morgan fingerprint density at radius 3 is 2.20 bits per heavy atom. The molecule has 2 aromatic rings. The Morgan fingerprint density at radius 1 is 0.902 bits per heavy atom. The van der Waals surface area contributed by atoms with Crippen molar-refractivity contribution in [2.24, 2.45) is 0 Å². The highest BCUT2D eigenvalue weighted by molar-refractivity contribution is 7.92. The molecule has 0 bridgehead atoms. The Kier molecular flexibility index (Phi) is 7.64. The lowest BCUT2D eigenvalue weighted by Gasteiger charge is -2.31. The smallest absolute Gasteiger partial charge is 0.488 e. The summed E-state index contributed by atoms with van der Waals surface area (Å²) in [7, 11) is -5.17. The SMILES string of the molecule is O=C1CCC(N2C(=O)c3cccc(OCc4ccc(CN5CCC(S(=O)(=O)C(F)(F)F)CC5)cc4)c3C2=O)C(=O)N1. The minimum absolute atomic E-state index is 0.0153. The number of ether oxygens (including phenoxy) is 1. The van der Waals surface area contributed by atoms with Gasteiger partial charge in [0.15, 0.2) is 0 Å². The zero-order valence-corrected chi connectivity index (χ0v) is 22.5. The van der Waals surface area contributed by atoms with E-state index < -0.39 is 50.3 Å². The zero-order chi connectivity index (χ0) is 29.5. The molecule has 1 unspecified atom stereocenters. The van der Waals surface area contributed by atoms with E-state index in [1.54, 1.807) is 24.3 Å². The summed E-state index contributed by atoms with van der Waals surface area (Å²) in [4.78, 5) is 52.7. The van der Waals surface area contributed by atoms with Gasteiger partial charge in [0.2, 0.25) is 11.8 Å². The number of hydrogen-bond acceptors (Lipinski definition) is 8. The van der Waals surface area contributed by atoms with Gasteiger partial charge >= 0.3 is 5.51 Å². The van der Waals surface area contributed by atoms with E-state index in [0.717, 1.165) is 16.0 Å². The minimum atomic E-state index is -5.24. The molecule has 0 aromatic heterocycles. The van der Waals surface area contributed by atoms with E-state index in [1.165, 1.54) is 6.07 Å². The monoisotopic (exact) mass is 593 g/mol. The summed E-state index contributed by atoms with van der Waals surface area (Å²) < 4.78 is 67.7. The van der Waals surface area contributed by atoms with E-state index in [2.05, 4.69) is 5.32 Å². The Balaban J connectivity index is 1.19. The van der Waals surface area contributed by atoms with Crippen LogP contribution in [0.15, 0.2) is 42.5 Å². The van der Waals surface area contributed by atoms with E-state index in [9.17, 15) is 40.8 Å². The van der Waals surface area contributed by atoms with E-state index >= 15 is 0 Å². The first kappa shape index (κ1) is 28.7. The lowest BCUT2D eigenvalue weighted by atomic mass is 10.0. The fourth-order valence-electron chi connectivity index (χ4n) is 5.33. The van der Waals surface area contributed by atoms with Crippen LogP contribution < -0.4 is 10.1 Å². The molecule has 5 rings (SSSR count). The lowest BCUT2D eigenvalue weighted by Crippen LogP contribution is -2.54. The molecule has 4 amide bonds. The minimum Gasteiger partial charge on any atom is -0.488 e. The molecule has 10 nitrogen and oxygen atoms in total. The van der Waals surface area contributed by atoms with Crippen LogP contribution in [0.1, 0.15) is 57.5 Å². The maximum absolute atomic E-state index is 13.2. The second-order valence-electron chi connectivity index (χ2n) is 10.2. The fraction of sp³-hybridized carbons (Fsp3) is 0.407. The zero-order valence-electron chi connectivity index (χ0n) is 21.6. The first-order valence-electron chi connectivity index (χ1n) is 12.9. The highest BCUT2D eigenvalue weighted by Gasteiger charge is 2.51. The number of rotatable bonds is 7. The van der Waals surface area contributed by atoms with Crippen molar-refractivity contribution < 1.29 is 45.5 Å². The predicted octanol–water partition coefficient (Wildman–Crippen LogP) is 2.57. The Labute approximate surface area is 233 Å². The molecular weight excluding hydrogens is 567 g/mol. The number of piperidine rings is 2. The number of carbonyl (C=O) groups excluding carboxylic acids is 4. The third kappa shape index (κ3) is 5.58. The van der Waals surface area contributed by atoms with Gasteiger partial charge < -0.3 is 4.74 Å². The van der Waals surface area contributed by atoms with Crippen LogP contribution in [0.3, 0.4) is 0 Å². The molecule has 0 spiro atoms. The second kappa shape index (κ2) is 10.9. The first-order chi connectivity index (χ1) is 19.4. The Morgan fingerprint density at radius 2 is 1.56 bits per heavy atom. The number of hydrogen-bond donors (Lipinski definition) is 1. The Bertz CT molecular complexity index is 1500. The molecule has 41 heavy (non-hydrogen) atoms. The molecule has 0 aliphatic carbocycles. The molecule has 3 heterocycles. The van der Waals surface area contributed by atoms with Crippen LogP contribution in [-0.2, 0) is 32.6 Å². The van der Waals surface area contributed by atoms with Crippen molar-refractivity contribution in [3.8, 4) is 5.75 Å². The number of nitrogens with one attached hydrogen (secondary N) is 1. The highest BCUT2D eigenvalue weighted by atomic mass is 32.2. The summed E-state index contributed by atoms with van der Waals surface area (Å²) in [5, 5.41) is 0.735. The van der Waals surface area contributed by atoms with Gasteiger partial charge in [-0.1, -0.05) is 30.3 Å². The van der Waals surface area contributed by atoms with Gasteiger partial charge in [-0.05, 0) is 55.6 Å². The van der Waals surface area contributed by atoms with Crippen LogP contribution in [0.25, 0.3) is 0 Å². The van der Waals surface area contributed by atoms with Gasteiger partial charge in [0, 0.05) is 13.0 Å². The molecule has 2 aromatic carbocycles. The van der Waals surface area contributed by atoms with Gasteiger partial charge in [-0.15, -0.1) is 0 Å². The summed E-state index contributed by atoms with van der Waals surface area (Å²) in [5.74, 6) is -2.28. The second-order valence-corrected chi connectivity index (χ2v) is 12.4. The van der Waals surface area contributed by atoms with Crippen LogP contribution in [-0.4, -0.2) is 71.7 Å². The van der Waals surface area contributed by atoms with Crippen molar-refractivity contribution in [3.63, 3.8) is 0 Å². The number of benzene rings is 2. The number of halogens is 3. The van der Waals surface area contributed by atoms with Gasteiger partial charge in [-0.25, -0.2) is 8.42 Å². The van der Waals surface area contributed by atoms with Crippen molar-refractivity contribution in [2.45, 2.75) is 55.6 Å². The van der Waals surface area contributed by atoms with Crippen LogP contribution in [0.5, 0.6) is 5.75 Å². The number of likely N-dealkylation sites (tertiary alicyclic amines) is 1. The normalized spacial score (nSPS) is 20.8. The summed E-state index contributed by atoms with van der Waals surface area (Å²) >= 11 is 0. The van der Waals surface area contributed by atoms with E-state index in [-0.39, 0.29) is 62.3 Å². The molecule has 3 aliphatic heterocycles. The van der Waals surface area contributed by atoms with Gasteiger partial charge in [0.05, 0.1) is 16.4 Å². The van der Waals surface area contributed by atoms with Crippen LogP contribution in [0.4, 0.5) is 13.2 Å². The average Bonchev–Trinajstić information content (AvgIpc) is 3.18. The summed E-state index contributed by atoms with van der Waals surface area (Å²) in [5.41, 5.74) is -3.45. The Hall–Kier alpha value is -3.78. The number of nitrogens with zero attached hydrogens (tertiary/aromatic N) is 2. The van der Waals surface area contributed by atoms with Crippen LogP contribution in [0.2, 0.25) is 0 Å². The summed E-state index contributed by atoms with van der Waals surface area (Å²) in [6.07, 6.45) is -0.112. The standard InChI is InChI=1S/C27H26F3N3O7S/c28-27(29,30)41(38,39)18-10-12-32(13-11-18)14-16-4-6-17(7-5-16)15-40-21-3-1-2-19-23(21)26(37)33(25(19)36)20-8-9-22(34)31-24(20)35/h1-7,18,20H,8-15H2,(H,31,34,35). The number of carbonyl (C=O) groups is 4. The van der Waals surface area contributed by atoms with Crippen LogP contribution >= 0.6 is 0 Å². The molecule has 0 radical (unpaired) electrons. The number of imide groups is 2. The number of amides is 4. The van der Waals surface area contributed by atoms with Crippen molar-refractivity contribution in [1.29, 1.82) is 0 Å². The van der Waals surface area contributed by atoms with Gasteiger partial charge in [-0.2, -0.15) is 13.2 Å². The van der Waals surface area contributed by atoms with Crippen molar-refractivity contribution >= 4 is 33.5 Å². The number of alkyl halides is 3. The lowest BCUT2D eigenvalue weighted by molar-refractivity contribution is -0.136. The van der Waals surface area contributed by atoms with Gasteiger partial charge in [0.1, 0.15) is 18.4 Å². The summed E-state index contributed by atoms with van der Waals surface area (Å²) in [6.45, 7) is 0.968. The fourth-order valence-corrected chi connectivity index (χ4v) is 6.54. The molecule has 1 atom stereocenters. The van der Waals surface area contributed by atoms with E-state index in [4.69, 9.17) is 4.74 Å². The predicted molar refractivity (Wildman–Crippen MR) is 137 cm³/mol. The van der Waals surface area contributed by atoms with Crippen LogP contribution in [0, 0.1) is 0 Å². The van der Waals surface area contributed by atoms with Gasteiger partial charge in [0.25, 0.3) is 21.7 Å². The first-order valence-corrected chi connectivity index (χ1v) is 14.5. The third-order valence-electron chi connectivity index (χ3n) is 7.55. The summed E-state index contributed by atoms with van der Waals surface area (Å²) in [6, 6.07) is 10.8. The van der Waals surface area contributed by atoms with Crippen molar-refractivity contribution in [2.75, 3.05) is 13.1 Å². The molecular formula is C27H26F3N3O7S. The maximum atomic E-state index is 13.2. The molecule has 1 N–H and O–H groups in total. The number of sulfone groups is 1. The third-order valence-corrected chi connectivity index (χ3v) is 9.54. The molecule has 2 saturated heterocycles. The van der Waals surface area contributed by atoms with Crippen molar-refractivity contribution in [3.05, 3.63) is 64.7 Å². The topological polar surface area (TPSA) is 130 Å². The number of fused-ring (bicyclic) bond motifs is 1. The average molecular weight is 594 g/mol. The highest BCUT2D eigenvalue weighted by Crippen LogP contribution is 2.34. The molecule has 2 fully saturated rings. The van der Waals surface area contributed by atoms with Crippen molar-refractivity contribution in [1.82, 2.24) is 15.1 Å². The molecule has 14 heteroatoms. The largest absolute Gasteiger partial charge is 0.497 e. The maximum Gasteiger partial charge on any atom is 0.497 e. The van der Waals surface area contributed by atoms with Gasteiger partial charge in [-0.3, -0.25) is 34.3 Å².